The standard InChI is InChI=1S/C18H22N4O2/c1-12-17(13(2)21(3)20-12)18(24)19-11-14-6-8-15(9-7-14)22-10-4-5-16(22)23/h6-9H,4-5,10-11H2,1-3H3,(H,19,24). The van der Waals surface area contributed by atoms with E-state index in [1.54, 1.807) is 4.68 Å². The number of carbonyl (C=O) groups excluding carboxylic acids is 2. The van der Waals surface area contributed by atoms with Crippen molar-refractivity contribution in [2.75, 3.05) is 11.4 Å². The van der Waals surface area contributed by atoms with E-state index in [4.69, 9.17) is 0 Å². The van der Waals surface area contributed by atoms with Crippen molar-refractivity contribution in [2.24, 2.45) is 7.05 Å². The number of benzene rings is 1. The van der Waals surface area contributed by atoms with E-state index < -0.39 is 0 Å². The Balaban J connectivity index is 1.64. The number of aryl methyl sites for hydroxylation is 2. The summed E-state index contributed by atoms with van der Waals surface area (Å²) >= 11 is 0. The van der Waals surface area contributed by atoms with E-state index in [2.05, 4.69) is 10.4 Å². The molecule has 1 N–H and O–H groups in total. The number of carbonyl (C=O) groups is 2. The van der Waals surface area contributed by atoms with Gasteiger partial charge in [0.05, 0.1) is 11.3 Å². The molecule has 6 nitrogen and oxygen atoms in total. The molecular formula is C18H22N4O2. The third-order valence-corrected chi connectivity index (χ3v) is 4.51. The molecule has 1 fully saturated rings. The van der Waals surface area contributed by atoms with E-state index in [1.807, 2.05) is 50.1 Å². The Labute approximate surface area is 141 Å². The lowest BCUT2D eigenvalue weighted by atomic mass is 10.1. The van der Waals surface area contributed by atoms with Crippen LogP contribution in [0.4, 0.5) is 5.69 Å². The molecule has 1 aromatic carbocycles. The minimum Gasteiger partial charge on any atom is -0.348 e. The lowest BCUT2D eigenvalue weighted by molar-refractivity contribution is -0.117. The Hall–Kier alpha value is -2.63. The lowest BCUT2D eigenvalue weighted by Gasteiger charge is -2.16. The van der Waals surface area contributed by atoms with Crippen molar-refractivity contribution < 1.29 is 9.59 Å². The summed E-state index contributed by atoms with van der Waals surface area (Å²) in [5.41, 5.74) is 4.14. The molecule has 0 atom stereocenters. The highest BCUT2D eigenvalue weighted by Crippen LogP contribution is 2.21. The minimum atomic E-state index is -0.114. The van der Waals surface area contributed by atoms with Crippen LogP contribution in [0.2, 0.25) is 0 Å². The van der Waals surface area contributed by atoms with Gasteiger partial charge in [-0.2, -0.15) is 5.10 Å². The van der Waals surface area contributed by atoms with E-state index in [9.17, 15) is 9.59 Å². The van der Waals surface area contributed by atoms with Crippen molar-refractivity contribution >= 4 is 17.5 Å². The third kappa shape index (κ3) is 3.04. The van der Waals surface area contributed by atoms with Gasteiger partial charge < -0.3 is 10.2 Å². The minimum absolute atomic E-state index is 0.114. The van der Waals surface area contributed by atoms with Gasteiger partial charge in [0.1, 0.15) is 0 Å². The summed E-state index contributed by atoms with van der Waals surface area (Å²) in [6.45, 7) is 4.95. The first kappa shape index (κ1) is 16.2. The Kier molecular flexibility index (Phi) is 4.38. The molecule has 0 unspecified atom stereocenters. The van der Waals surface area contributed by atoms with Crippen LogP contribution >= 0.6 is 0 Å². The molecule has 0 saturated carbocycles. The van der Waals surface area contributed by atoms with E-state index in [-0.39, 0.29) is 11.8 Å². The third-order valence-electron chi connectivity index (χ3n) is 4.51. The second-order valence-corrected chi connectivity index (χ2v) is 6.17. The van der Waals surface area contributed by atoms with Gasteiger partial charge in [0.25, 0.3) is 5.91 Å². The average Bonchev–Trinajstić information content (AvgIpc) is 3.09. The van der Waals surface area contributed by atoms with E-state index in [0.29, 0.717) is 18.5 Å². The van der Waals surface area contributed by atoms with Crippen LogP contribution < -0.4 is 10.2 Å². The molecule has 0 aliphatic carbocycles. The zero-order valence-electron chi connectivity index (χ0n) is 14.3. The Morgan fingerprint density at radius 2 is 1.96 bits per heavy atom. The SMILES string of the molecule is Cc1nn(C)c(C)c1C(=O)NCc1ccc(N2CCCC2=O)cc1. The Bertz CT molecular complexity index is 777. The summed E-state index contributed by atoms with van der Waals surface area (Å²) in [5, 5.41) is 7.20. The fourth-order valence-electron chi connectivity index (χ4n) is 3.09. The van der Waals surface area contributed by atoms with Crippen LogP contribution in [0.1, 0.15) is 40.2 Å². The quantitative estimate of drug-likeness (QED) is 0.935. The fourth-order valence-corrected chi connectivity index (χ4v) is 3.09. The number of anilines is 1. The highest BCUT2D eigenvalue weighted by Gasteiger charge is 2.21. The van der Waals surface area contributed by atoms with E-state index in [1.165, 1.54) is 0 Å². The van der Waals surface area contributed by atoms with Gasteiger partial charge in [-0.25, -0.2) is 0 Å². The van der Waals surface area contributed by atoms with Crippen LogP contribution in [0.5, 0.6) is 0 Å². The number of amides is 2. The molecule has 0 radical (unpaired) electrons. The van der Waals surface area contributed by atoms with E-state index in [0.717, 1.165) is 35.6 Å². The topological polar surface area (TPSA) is 67.2 Å². The summed E-state index contributed by atoms with van der Waals surface area (Å²) in [4.78, 5) is 25.9. The summed E-state index contributed by atoms with van der Waals surface area (Å²) in [7, 11) is 1.83. The Morgan fingerprint density at radius 3 is 2.50 bits per heavy atom. The van der Waals surface area contributed by atoms with Gasteiger partial charge in [0.15, 0.2) is 0 Å². The number of hydrogen-bond acceptors (Lipinski definition) is 3. The van der Waals surface area contributed by atoms with Crippen molar-refractivity contribution in [1.29, 1.82) is 0 Å². The fraction of sp³-hybridized carbons (Fsp3) is 0.389. The summed E-state index contributed by atoms with van der Waals surface area (Å²) in [6, 6.07) is 7.77. The first-order valence-corrected chi connectivity index (χ1v) is 8.15. The second kappa shape index (κ2) is 6.47. The zero-order valence-corrected chi connectivity index (χ0v) is 14.3. The molecule has 6 heteroatoms. The van der Waals surface area contributed by atoms with Crippen molar-refractivity contribution in [1.82, 2.24) is 15.1 Å². The predicted molar refractivity (Wildman–Crippen MR) is 91.9 cm³/mol. The van der Waals surface area contributed by atoms with E-state index >= 15 is 0 Å². The second-order valence-electron chi connectivity index (χ2n) is 6.17. The van der Waals surface area contributed by atoms with Crippen LogP contribution in [0.3, 0.4) is 0 Å². The molecule has 0 bridgehead atoms. The van der Waals surface area contributed by atoms with Gasteiger partial charge in [0.2, 0.25) is 5.91 Å². The molecule has 126 valence electrons. The Morgan fingerprint density at radius 1 is 1.25 bits per heavy atom. The maximum atomic E-state index is 12.4. The molecule has 2 aromatic rings. The number of hydrogen-bond donors (Lipinski definition) is 1. The normalized spacial score (nSPS) is 14.3. The maximum Gasteiger partial charge on any atom is 0.255 e. The number of aromatic nitrogens is 2. The molecule has 2 amide bonds. The van der Waals surface area contributed by atoms with Crippen molar-refractivity contribution in [3.63, 3.8) is 0 Å². The van der Waals surface area contributed by atoms with Gasteiger partial charge in [0, 0.05) is 37.9 Å². The van der Waals surface area contributed by atoms with Gasteiger partial charge in [-0.3, -0.25) is 14.3 Å². The molecular weight excluding hydrogens is 304 g/mol. The first-order valence-electron chi connectivity index (χ1n) is 8.15. The van der Waals surface area contributed by atoms with Gasteiger partial charge in [-0.1, -0.05) is 12.1 Å². The molecule has 1 aromatic heterocycles. The molecule has 2 heterocycles. The predicted octanol–water partition coefficient (Wildman–Crippen LogP) is 2.09. The largest absolute Gasteiger partial charge is 0.348 e. The molecule has 24 heavy (non-hydrogen) atoms. The summed E-state index contributed by atoms with van der Waals surface area (Å²) in [6.07, 6.45) is 1.54. The van der Waals surface area contributed by atoms with Crippen molar-refractivity contribution in [3.05, 3.63) is 46.8 Å². The van der Waals surface area contributed by atoms with Crippen LogP contribution in [-0.4, -0.2) is 28.1 Å². The highest BCUT2D eigenvalue weighted by molar-refractivity contribution is 5.96. The summed E-state index contributed by atoms with van der Waals surface area (Å²) < 4.78 is 1.71. The lowest BCUT2D eigenvalue weighted by Crippen LogP contribution is -2.25. The number of nitrogens with zero attached hydrogens (tertiary/aromatic N) is 3. The van der Waals surface area contributed by atoms with Crippen LogP contribution in [0, 0.1) is 13.8 Å². The average molecular weight is 326 g/mol. The molecule has 1 aliphatic rings. The monoisotopic (exact) mass is 326 g/mol. The van der Waals surface area contributed by atoms with Gasteiger partial charge >= 0.3 is 0 Å². The van der Waals surface area contributed by atoms with Crippen LogP contribution in [0.25, 0.3) is 0 Å². The van der Waals surface area contributed by atoms with Crippen molar-refractivity contribution in [2.45, 2.75) is 33.2 Å². The first-order chi connectivity index (χ1) is 11.5. The van der Waals surface area contributed by atoms with Crippen molar-refractivity contribution in [3.8, 4) is 0 Å². The molecule has 1 saturated heterocycles. The molecule has 1 aliphatic heterocycles. The number of nitrogens with one attached hydrogen (secondary N) is 1. The maximum absolute atomic E-state index is 12.4. The van der Waals surface area contributed by atoms with Gasteiger partial charge in [-0.15, -0.1) is 0 Å². The van der Waals surface area contributed by atoms with Crippen LogP contribution in [-0.2, 0) is 18.4 Å². The smallest absolute Gasteiger partial charge is 0.255 e. The molecule has 3 rings (SSSR count). The van der Waals surface area contributed by atoms with Crippen LogP contribution in [0.15, 0.2) is 24.3 Å². The zero-order chi connectivity index (χ0) is 17.3. The molecule has 0 spiro atoms. The summed E-state index contributed by atoms with van der Waals surface area (Å²) in [5.74, 6) is 0.0653. The number of rotatable bonds is 4. The highest BCUT2D eigenvalue weighted by atomic mass is 16.2. The van der Waals surface area contributed by atoms with Gasteiger partial charge in [-0.05, 0) is 38.0 Å².